The van der Waals surface area contributed by atoms with E-state index in [0.717, 1.165) is 16.4 Å². The minimum Gasteiger partial charge on any atom is -0.373 e. The van der Waals surface area contributed by atoms with Crippen molar-refractivity contribution < 1.29 is 26.3 Å². The lowest BCUT2D eigenvalue weighted by Crippen LogP contribution is -2.50. The molecule has 0 N–H and O–H groups in total. The molecule has 126 valence electrons. The van der Waals surface area contributed by atoms with Gasteiger partial charge >= 0.3 is 6.18 Å². The number of ether oxygens (including phenoxy) is 1. The summed E-state index contributed by atoms with van der Waals surface area (Å²) in [5, 5.41) is 8.89. The molecule has 1 heterocycles. The fourth-order valence-electron chi connectivity index (χ4n) is 2.35. The zero-order chi connectivity index (χ0) is 17.5. The first-order chi connectivity index (χ1) is 10.5. The van der Waals surface area contributed by atoms with Gasteiger partial charge in [-0.1, -0.05) is 0 Å². The van der Waals surface area contributed by atoms with E-state index in [-0.39, 0.29) is 24.6 Å². The summed E-state index contributed by atoms with van der Waals surface area (Å²) in [5.41, 5.74) is -2.55. The molecule has 23 heavy (non-hydrogen) atoms. The Morgan fingerprint density at radius 1 is 1.35 bits per heavy atom. The molecule has 1 aliphatic rings. The third-order valence-electron chi connectivity index (χ3n) is 3.45. The third kappa shape index (κ3) is 3.65. The Labute approximate surface area is 132 Å². The standard InChI is InChI=1S/C14H15F3N2O3S/c1-13(2)9-19(5-6-22-13)23(20,21)11-3-4-12(14(15,16)17)10(7-11)8-18/h3-4,7H,5-6,9H2,1-2H3. The van der Waals surface area contributed by atoms with E-state index in [1.807, 2.05) is 0 Å². The Kier molecular flexibility index (Phi) is 4.45. The molecule has 2 rings (SSSR count). The van der Waals surface area contributed by atoms with Crippen LogP contribution >= 0.6 is 0 Å². The fraction of sp³-hybridized carbons (Fsp3) is 0.500. The molecule has 1 fully saturated rings. The van der Waals surface area contributed by atoms with Crippen LogP contribution < -0.4 is 0 Å². The van der Waals surface area contributed by atoms with Crippen LogP contribution in [-0.2, 0) is 20.9 Å². The summed E-state index contributed by atoms with van der Waals surface area (Å²) in [5.74, 6) is 0. The topological polar surface area (TPSA) is 70.4 Å². The molecule has 0 aliphatic carbocycles. The van der Waals surface area contributed by atoms with Gasteiger partial charge in [-0.3, -0.25) is 0 Å². The fourth-order valence-corrected chi connectivity index (χ4v) is 3.95. The van der Waals surface area contributed by atoms with Crippen LogP contribution in [0.1, 0.15) is 25.0 Å². The average molecular weight is 348 g/mol. The maximum Gasteiger partial charge on any atom is 0.417 e. The SMILES string of the molecule is CC1(C)CN(S(=O)(=O)c2ccc(C(F)(F)F)c(C#N)c2)CCO1. The summed E-state index contributed by atoms with van der Waals surface area (Å²) in [4.78, 5) is -0.334. The molecule has 0 bridgehead atoms. The second-order valence-electron chi connectivity index (χ2n) is 5.76. The summed E-state index contributed by atoms with van der Waals surface area (Å²) in [6.45, 7) is 3.83. The first-order valence-corrected chi connectivity index (χ1v) is 8.17. The van der Waals surface area contributed by atoms with E-state index < -0.39 is 32.9 Å². The Bertz CT molecular complexity index is 752. The molecular formula is C14H15F3N2O3S. The Morgan fingerprint density at radius 3 is 2.52 bits per heavy atom. The summed E-state index contributed by atoms with van der Waals surface area (Å²) < 4.78 is 70.1. The highest BCUT2D eigenvalue weighted by Gasteiger charge is 2.37. The molecule has 5 nitrogen and oxygen atoms in total. The Hall–Kier alpha value is -1.63. The molecular weight excluding hydrogens is 333 g/mol. The second-order valence-corrected chi connectivity index (χ2v) is 7.70. The van der Waals surface area contributed by atoms with E-state index >= 15 is 0 Å². The number of rotatable bonds is 2. The minimum atomic E-state index is -4.71. The van der Waals surface area contributed by atoms with E-state index in [1.54, 1.807) is 13.8 Å². The zero-order valence-corrected chi connectivity index (χ0v) is 13.3. The van der Waals surface area contributed by atoms with Crippen LogP contribution in [0, 0.1) is 11.3 Å². The maximum atomic E-state index is 12.8. The van der Waals surface area contributed by atoms with Gasteiger partial charge in [0.25, 0.3) is 0 Å². The van der Waals surface area contributed by atoms with Gasteiger partial charge in [0.15, 0.2) is 0 Å². The molecule has 0 atom stereocenters. The second kappa shape index (κ2) is 5.78. The Morgan fingerprint density at radius 2 is 2.00 bits per heavy atom. The van der Waals surface area contributed by atoms with Gasteiger partial charge in [-0.05, 0) is 32.0 Å². The van der Waals surface area contributed by atoms with Gasteiger partial charge in [0.05, 0.1) is 34.3 Å². The number of alkyl halides is 3. The number of morpholine rings is 1. The third-order valence-corrected chi connectivity index (χ3v) is 5.29. The molecule has 9 heteroatoms. The highest BCUT2D eigenvalue weighted by atomic mass is 32.2. The molecule has 0 aromatic heterocycles. The largest absolute Gasteiger partial charge is 0.417 e. The van der Waals surface area contributed by atoms with Gasteiger partial charge in [0.1, 0.15) is 0 Å². The van der Waals surface area contributed by atoms with Crippen molar-refractivity contribution in [3.63, 3.8) is 0 Å². The maximum absolute atomic E-state index is 12.8. The van der Waals surface area contributed by atoms with Gasteiger partial charge in [-0.15, -0.1) is 0 Å². The minimum absolute atomic E-state index is 0.0816. The number of halogens is 3. The van der Waals surface area contributed by atoms with E-state index in [4.69, 9.17) is 10.00 Å². The van der Waals surface area contributed by atoms with Crippen LogP contribution in [0.5, 0.6) is 0 Å². The molecule has 0 unspecified atom stereocenters. The first kappa shape index (κ1) is 17.7. The molecule has 1 saturated heterocycles. The van der Waals surface area contributed by atoms with Crippen molar-refractivity contribution in [1.29, 1.82) is 5.26 Å². The number of nitrogens with zero attached hydrogens (tertiary/aromatic N) is 2. The lowest BCUT2D eigenvalue weighted by molar-refractivity contribution is -0.137. The molecule has 1 aromatic rings. The van der Waals surface area contributed by atoms with Crippen LogP contribution in [0.2, 0.25) is 0 Å². The first-order valence-electron chi connectivity index (χ1n) is 6.73. The van der Waals surface area contributed by atoms with Crippen molar-refractivity contribution in [1.82, 2.24) is 4.31 Å². The summed E-state index contributed by atoms with van der Waals surface area (Å²) in [6, 6.07) is 3.67. The van der Waals surface area contributed by atoms with Crippen LogP contribution in [0.4, 0.5) is 13.2 Å². The molecule has 1 aliphatic heterocycles. The predicted octanol–water partition coefficient (Wildman–Crippen LogP) is 2.38. The molecule has 0 saturated carbocycles. The summed E-state index contributed by atoms with van der Waals surface area (Å²) in [6.07, 6.45) is -4.71. The lowest BCUT2D eigenvalue weighted by atomic mass is 10.1. The highest BCUT2D eigenvalue weighted by Crippen LogP contribution is 2.33. The number of hydrogen-bond acceptors (Lipinski definition) is 4. The van der Waals surface area contributed by atoms with Crippen LogP contribution in [0.3, 0.4) is 0 Å². The lowest BCUT2D eigenvalue weighted by Gasteiger charge is -2.37. The van der Waals surface area contributed by atoms with Gasteiger partial charge in [-0.2, -0.15) is 22.7 Å². The molecule has 0 spiro atoms. The van der Waals surface area contributed by atoms with E-state index in [9.17, 15) is 21.6 Å². The van der Waals surface area contributed by atoms with E-state index in [0.29, 0.717) is 6.07 Å². The number of sulfonamides is 1. The van der Waals surface area contributed by atoms with Crippen LogP contribution in [0.25, 0.3) is 0 Å². The van der Waals surface area contributed by atoms with Crippen molar-refractivity contribution in [3.8, 4) is 6.07 Å². The normalized spacial score (nSPS) is 19.3. The van der Waals surface area contributed by atoms with Gasteiger partial charge in [-0.25, -0.2) is 8.42 Å². The van der Waals surface area contributed by atoms with E-state index in [2.05, 4.69) is 0 Å². The average Bonchev–Trinajstić information content (AvgIpc) is 2.44. The molecule has 1 aromatic carbocycles. The highest BCUT2D eigenvalue weighted by molar-refractivity contribution is 7.89. The van der Waals surface area contributed by atoms with Crippen LogP contribution in [-0.4, -0.2) is 38.0 Å². The quantitative estimate of drug-likeness (QED) is 0.823. The van der Waals surface area contributed by atoms with Crippen molar-refractivity contribution in [2.24, 2.45) is 0 Å². The van der Waals surface area contributed by atoms with Crippen LogP contribution in [0.15, 0.2) is 23.1 Å². The Balaban J connectivity index is 2.44. The number of hydrogen-bond donors (Lipinski definition) is 0. The smallest absolute Gasteiger partial charge is 0.373 e. The summed E-state index contributed by atoms with van der Waals surface area (Å²) in [7, 11) is -3.99. The zero-order valence-electron chi connectivity index (χ0n) is 12.5. The van der Waals surface area contributed by atoms with Gasteiger partial charge < -0.3 is 4.74 Å². The van der Waals surface area contributed by atoms with Gasteiger partial charge in [0, 0.05) is 13.1 Å². The predicted molar refractivity (Wildman–Crippen MR) is 74.9 cm³/mol. The molecule has 0 radical (unpaired) electrons. The van der Waals surface area contributed by atoms with Crippen molar-refractivity contribution in [3.05, 3.63) is 29.3 Å². The van der Waals surface area contributed by atoms with Crippen molar-refractivity contribution in [2.75, 3.05) is 19.7 Å². The number of nitriles is 1. The summed E-state index contributed by atoms with van der Waals surface area (Å²) >= 11 is 0. The van der Waals surface area contributed by atoms with Crippen molar-refractivity contribution in [2.45, 2.75) is 30.5 Å². The van der Waals surface area contributed by atoms with Gasteiger partial charge in [0.2, 0.25) is 10.0 Å². The molecule has 0 amide bonds. The van der Waals surface area contributed by atoms with E-state index in [1.165, 1.54) is 6.07 Å². The number of benzene rings is 1. The van der Waals surface area contributed by atoms with Crippen molar-refractivity contribution >= 4 is 10.0 Å². The monoisotopic (exact) mass is 348 g/mol.